The first-order chi connectivity index (χ1) is 19.2. The van der Waals surface area contributed by atoms with Crippen molar-refractivity contribution in [3.63, 3.8) is 0 Å². The number of hydrogen-bond acceptors (Lipinski definition) is 7. The number of carbonyl (C=O) groups is 1. The van der Waals surface area contributed by atoms with Gasteiger partial charge in [-0.05, 0) is 84.9 Å². The van der Waals surface area contributed by atoms with Gasteiger partial charge in [0.15, 0.2) is 5.11 Å². The van der Waals surface area contributed by atoms with Crippen molar-refractivity contribution in [3.05, 3.63) is 102 Å². The van der Waals surface area contributed by atoms with E-state index in [1.807, 2.05) is 54.6 Å². The lowest BCUT2D eigenvalue weighted by Crippen LogP contribution is -2.19. The number of para-hydroxylation sites is 1. The lowest BCUT2D eigenvalue weighted by atomic mass is 10.1. The molecule has 1 aromatic heterocycles. The molecule has 3 N–H and O–H groups in total. The molecule has 40 heavy (non-hydrogen) atoms. The van der Waals surface area contributed by atoms with E-state index in [0.717, 1.165) is 33.8 Å². The predicted octanol–water partition coefficient (Wildman–Crippen LogP) is 6.17. The van der Waals surface area contributed by atoms with Crippen molar-refractivity contribution in [3.8, 4) is 10.6 Å². The number of nitrogens with one attached hydrogen (secondary N) is 3. The van der Waals surface area contributed by atoms with Gasteiger partial charge in [-0.25, -0.2) is 13.4 Å². The van der Waals surface area contributed by atoms with Crippen LogP contribution in [0.2, 0.25) is 0 Å². The Morgan fingerprint density at radius 2 is 1.45 bits per heavy atom. The van der Waals surface area contributed by atoms with Crippen LogP contribution in [0, 0.1) is 6.92 Å². The van der Waals surface area contributed by atoms with Crippen LogP contribution >= 0.6 is 23.6 Å². The Kier molecular flexibility index (Phi) is 7.90. The highest BCUT2D eigenvalue weighted by molar-refractivity contribution is 7.86. The molecular weight excluding hydrogens is 565 g/mol. The van der Waals surface area contributed by atoms with E-state index in [9.17, 15) is 17.8 Å². The van der Waals surface area contributed by atoms with E-state index in [1.54, 1.807) is 43.3 Å². The lowest BCUT2D eigenvalue weighted by molar-refractivity contribution is -0.115. The summed E-state index contributed by atoms with van der Waals surface area (Å²) in [5, 5.41) is 10.2. The van der Waals surface area contributed by atoms with Gasteiger partial charge in [0.1, 0.15) is 15.1 Å². The predicted molar refractivity (Wildman–Crippen MR) is 163 cm³/mol. The lowest BCUT2D eigenvalue weighted by Gasteiger charge is -2.11. The summed E-state index contributed by atoms with van der Waals surface area (Å²) >= 11 is 6.50. The molecule has 0 unspecified atom stereocenters. The zero-order valence-electron chi connectivity index (χ0n) is 21.2. The van der Waals surface area contributed by atoms with Gasteiger partial charge in [0.25, 0.3) is 0 Å². The summed E-state index contributed by atoms with van der Waals surface area (Å²) in [5.74, 6) is -0.171. The molecule has 8 nitrogen and oxygen atoms in total. The molecule has 5 rings (SSSR count). The SMILES string of the molecule is Cc1ccc2nc(-c3ccc(NC(=O)Cc4ccc(NC(=S)Nc5ccccc5)cc4)cc3)sc2c1S(=O)(=O)[O-]. The van der Waals surface area contributed by atoms with Gasteiger partial charge in [-0.1, -0.05) is 36.4 Å². The molecule has 4 aromatic carbocycles. The summed E-state index contributed by atoms with van der Waals surface area (Å²) in [7, 11) is -4.63. The van der Waals surface area contributed by atoms with Crippen molar-refractivity contribution in [2.45, 2.75) is 18.2 Å². The number of thiocarbonyl (C=S) groups is 1. The Morgan fingerprint density at radius 3 is 2.10 bits per heavy atom. The van der Waals surface area contributed by atoms with E-state index in [4.69, 9.17) is 12.2 Å². The van der Waals surface area contributed by atoms with Crippen molar-refractivity contribution in [1.82, 2.24) is 4.98 Å². The topological polar surface area (TPSA) is 123 Å². The Bertz CT molecular complexity index is 1800. The number of fused-ring (bicyclic) bond motifs is 1. The second-order valence-corrected chi connectivity index (χ2v) is 11.7. The largest absolute Gasteiger partial charge is 0.744 e. The zero-order chi connectivity index (χ0) is 28.3. The van der Waals surface area contributed by atoms with E-state index in [1.165, 1.54) is 0 Å². The molecule has 0 aliphatic heterocycles. The van der Waals surface area contributed by atoms with Gasteiger partial charge in [0.05, 0.1) is 21.5 Å². The fraction of sp³-hybridized carbons (Fsp3) is 0.0690. The average molecular weight is 588 g/mol. The maximum Gasteiger partial charge on any atom is 0.228 e. The number of hydrogen-bond donors (Lipinski definition) is 3. The summed E-state index contributed by atoms with van der Waals surface area (Å²) in [6, 6.07) is 27.4. The number of thiazole rings is 1. The summed E-state index contributed by atoms with van der Waals surface area (Å²) in [6.45, 7) is 1.59. The maximum absolute atomic E-state index is 12.6. The molecular formula is C29H23N4O4S3-. The molecule has 11 heteroatoms. The second kappa shape index (κ2) is 11.5. The smallest absolute Gasteiger partial charge is 0.228 e. The van der Waals surface area contributed by atoms with Crippen molar-refractivity contribution < 1.29 is 17.8 Å². The average Bonchev–Trinajstić information content (AvgIpc) is 3.34. The highest BCUT2D eigenvalue weighted by Gasteiger charge is 2.16. The van der Waals surface area contributed by atoms with Gasteiger partial charge in [0.2, 0.25) is 5.91 Å². The molecule has 1 amide bonds. The van der Waals surface area contributed by atoms with Crippen LogP contribution in [0.4, 0.5) is 17.1 Å². The Labute approximate surface area is 240 Å². The van der Waals surface area contributed by atoms with Crippen LogP contribution in [0.3, 0.4) is 0 Å². The molecule has 0 saturated heterocycles. The third kappa shape index (κ3) is 6.52. The van der Waals surface area contributed by atoms with Crippen LogP contribution in [0.15, 0.2) is 95.9 Å². The molecule has 5 aromatic rings. The van der Waals surface area contributed by atoms with Crippen LogP contribution in [-0.4, -0.2) is 29.0 Å². The Morgan fingerprint density at radius 1 is 0.850 bits per heavy atom. The maximum atomic E-state index is 12.6. The minimum Gasteiger partial charge on any atom is -0.744 e. The molecule has 0 bridgehead atoms. The quantitative estimate of drug-likeness (QED) is 0.153. The first-order valence-corrected chi connectivity index (χ1v) is 14.8. The minimum absolute atomic E-state index is 0.171. The number of carbonyl (C=O) groups excluding carboxylic acids is 1. The van der Waals surface area contributed by atoms with Gasteiger partial charge >= 0.3 is 0 Å². The molecule has 0 radical (unpaired) electrons. The number of benzene rings is 4. The third-order valence-corrected chi connectivity index (χ3v) is 8.48. The van der Waals surface area contributed by atoms with Gasteiger partial charge in [-0.2, -0.15) is 0 Å². The van der Waals surface area contributed by atoms with Crippen LogP contribution in [-0.2, 0) is 21.3 Å². The summed E-state index contributed by atoms with van der Waals surface area (Å²) in [6.07, 6.45) is 0.193. The summed E-state index contributed by atoms with van der Waals surface area (Å²) in [4.78, 5) is 16.9. The van der Waals surface area contributed by atoms with Crippen molar-refractivity contribution in [1.29, 1.82) is 0 Å². The van der Waals surface area contributed by atoms with E-state index in [0.29, 0.717) is 31.6 Å². The highest BCUT2D eigenvalue weighted by Crippen LogP contribution is 2.36. The summed E-state index contributed by atoms with van der Waals surface area (Å²) in [5.41, 5.74) is 4.74. The van der Waals surface area contributed by atoms with Crippen molar-refractivity contribution in [2.75, 3.05) is 16.0 Å². The third-order valence-electron chi connectivity index (χ3n) is 5.98. The van der Waals surface area contributed by atoms with Crippen LogP contribution in [0.25, 0.3) is 20.8 Å². The number of aromatic nitrogens is 1. The Balaban J connectivity index is 1.19. The molecule has 0 saturated carbocycles. The molecule has 0 fully saturated rings. The molecule has 0 aliphatic carbocycles. The molecule has 0 aliphatic rings. The normalized spacial score (nSPS) is 11.2. The van der Waals surface area contributed by atoms with Crippen molar-refractivity contribution >= 4 is 72.0 Å². The summed E-state index contributed by atoms with van der Waals surface area (Å²) < 4.78 is 35.7. The second-order valence-electron chi connectivity index (χ2n) is 8.98. The number of nitrogens with zero attached hydrogens (tertiary/aromatic N) is 1. The van der Waals surface area contributed by atoms with E-state index >= 15 is 0 Å². The van der Waals surface area contributed by atoms with Crippen molar-refractivity contribution in [2.24, 2.45) is 0 Å². The monoisotopic (exact) mass is 587 g/mol. The molecule has 0 atom stereocenters. The van der Waals surface area contributed by atoms with Gasteiger partial charge in [0, 0.05) is 22.6 Å². The van der Waals surface area contributed by atoms with E-state index in [2.05, 4.69) is 20.9 Å². The standard InChI is InChI=1S/C29H24N4O4S3/c1-18-7-16-24-26(27(18)40(35,36)37)39-28(33-24)20-10-14-22(15-11-20)30-25(34)17-19-8-12-23(13-9-19)32-29(38)31-21-5-3-2-4-6-21/h2-16H,17H2,1H3,(H,30,34)(H2,31,32,38)(H,35,36,37)/p-1. The molecule has 0 spiro atoms. The van der Waals surface area contributed by atoms with Gasteiger partial charge < -0.3 is 20.5 Å². The van der Waals surface area contributed by atoms with Gasteiger partial charge in [-0.3, -0.25) is 4.79 Å². The Hall–Kier alpha value is -4.16. The fourth-order valence-corrected chi connectivity index (χ4v) is 6.63. The minimum atomic E-state index is -4.63. The number of anilines is 3. The first-order valence-electron chi connectivity index (χ1n) is 12.1. The number of aryl methyl sites for hydroxylation is 1. The number of amides is 1. The van der Waals surface area contributed by atoms with Crippen LogP contribution in [0.1, 0.15) is 11.1 Å². The molecule has 202 valence electrons. The van der Waals surface area contributed by atoms with Crippen LogP contribution < -0.4 is 16.0 Å². The van der Waals surface area contributed by atoms with E-state index in [-0.39, 0.29) is 17.2 Å². The number of rotatable bonds is 7. The highest BCUT2D eigenvalue weighted by atomic mass is 32.2. The first kappa shape index (κ1) is 27.4. The van der Waals surface area contributed by atoms with Gasteiger partial charge in [-0.15, -0.1) is 11.3 Å². The fourth-order valence-electron chi connectivity index (χ4n) is 4.11. The van der Waals surface area contributed by atoms with E-state index < -0.39 is 10.1 Å². The van der Waals surface area contributed by atoms with Crippen LogP contribution in [0.5, 0.6) is 0 Å². The zero-order valence-corrected chi connectivity index (χ0v) is 23.6. The molecule has 1 heterocycles.